The molecule has 0 N–H and O–H groups in total. The SMILES string of the molecule is COc1ccc(CN(c2ccc(F)cc2)S(=O)(=O)c2cccc(C(F)(F)F)c2)cc1. The summed E-state index contributed by atoms with van der Waals surface area (Å²) in [7, 11) is -2.90. The number of ether oxygens (including phenoxy) is 1. The summed E-state index contributed by atoms with van der Waals surface area (Å²) in [4.78, 5) is -0.518. The Morgan fingerprint density at radius 1 is 0.933 bits per heavy atom. The van der Waals surface area contributed by atoms with Crippen molar-refractivity contribution >= 4 is 15.7 Å². The third-order valence-corrected chi connectivity index (χ3v) is 6.12. The zero-order valence-corrected chi connectivity index (χ0v) is 16.5. The van der Waals surface area contributed by atoms with E-state index in [9.17, 15) is 26.0 Å². The largest absolute Gasteiger partial charge is 0.497 e. The minimum atomic E-state index is -4.69. The quantitative estimate of drug-likeness (QED) is 0.493. The van der Waals surface area contributed by atoms with Crippen LogP contribution in [0.4, 0.5) is 23.2 Å². The van der Waals surface area contributed by atoms with Gasteiger partial charge >= 0.3 is 6.18 Å². The first kappa shape index (κ1) is 21.6. The van der Waals surface area contributed by atoms with Crippen LogP contribution in [0.25, 0.3) is 0 Å². The molecule has 3 rings (SSSR count). The van der Waals surface area contributed by atoms with Crippen molar-refractivity contribution < 1.29 is 30.7 Å². The normalized spacial score (nSPS) is 11.9. The van der Waals surface area contributed by atoms with Gasteiger partial charge in [-0.1, -0.05) is 18.2 Å². The summed E-state index contributed by atoms with van der Waals surface area (Å²) in [5, 5.41) is 0. The Morgan fingerprint density at radius 2 is 1.57 bits per heavy atom. The summed E-state index contributed by atoms with van der Waals surface area (Å²) >= 11 is 0. The monoisotopic (exact) mass is 439 g/mol. The fourth-order valence-corrected chi connectivity index (χ4v) is 4.28. The number of nitrogens with zero attached hydrogens (tertiary/aromatic N) is 1. The van der Waals surface area contributed by atoms with Crippen molar-refractivity contribution in [2.24, 2.45) is 0 Å². The molecule has 0 aromatic heterocycles. The second-order valence-electron chi connectivity index (χ2n) is 6.36. The molecule has 0 bridgehead atoms. The van der Waals surface area contributed by atoms with Crippen LogP contribution in [0.5, 0.6) is 5.75 Å². The van der Waals surface area contributed by atoms with E-state index in [4.69, 9.17) is 4.74 Å². The van der Waals surface area contributed by atoms with Crippen LogP contribution in [0.2, 0.25) is 0 Å². The van der Waals surface area contributed by atoms with Gasteiger partial charge in [0.05, 0.1) is 29.8 Å². The lowest BCUT2D eigenvalue weighted by atomic mass is 10.2. The van der Waals surface area contributed by atoms with Crippen molar-refractivity contribution in [1.29, 1.82) is 0 Å². The first-order valence-corrected chi connectivity index (χ1v) is 10.1. The average Bonchev–Trinajstić information content (AvgIpc) is 2.72. The van der Waals surface area contributed by atoms with Gasteiger partial charge in [-0.3, -0.25) is 4.31 Å². The van der Waals surface area contributed by atoms with Crippen LogP contribution in [0.3, 0.4) is 0 Å². The van der Waals surface area contributed by atoms with Gasteiger partial charge in [-0.15, -0.1) is 0 Å². The highest BCUT2D eigenvalue weighted by Crippen LogP contribution is 2.33. The van der Waals surface area contributed by atoms with Crippen LogP contribution in [0.15, 0.2) is 77.7 Å². The number of sulfonamides is 1. The molecule has 0 aliphatic rings. The first-order chi connectivity index (χ1) is 14.1. The molecule has 0 saturated heterocycles. The fraction of sp³-hybridized carbons (Fsp3) is 0.143. The number of rotatable bonds is 6. The molecule has 0 radical (unpaired) electrons. The van der Waals surface area contributed by atoms with E-state index >= 15 is 0 Å². The third-order valence-electron chi connectivity index (χ3n) is 4.35. The van der Waals surface area contributed by atoms with Crippen molar-refractivity contribution in [2.45, 2.75) is 17.6 Å². The molecule has 9 heteroatoms. The summed E-state index contributed by atoms with van der Waals surface area (Å²) in [5.41, 5.74) is -0.396. The summed E-state index contributed by atoms with van der Waals surface area (Å²) in [5.74, 6) is -0.00701. The second kappa shape index (κ2) is 8.35. The molecule has 0 amide bonds. The first-order valence-electron chi connectivity index (χ1n) is 8.70. The molecule has 0 heterocycles. The van der Waals surface area contributed by atoms with Gasteiger partial charge in [0.15, 0.2) is 0 Å². The van der Waals surface area contributed by atoms with Crippen molar-refractivity contribution in [3.63, 3.8) is 0 Å². The molecule has 0 fully saturated rings. The van der Waals surface area contributed by atoms with Crippen molar-refractivity contribution in [2.75, 3.05) is 11.4 Å². The predicted octanol–water partition coefficient (Wildman–Crippen LogP) is 5.25. The maximum absolute atomic E-state index is 13.4. The Hall–Kier alpha value is -3.07. The van der Waals surface area contributed by atoms with Gasteiger partial charge in [0.25, 0.3) is 10.0 Å². The molecule has 0 unspecified atom stereocenters. The molecule has 30 heavy (non-hydrogen) atoms. The minimum Gasteiger partial charge on any atom is -0.497 e. The number of hydrogen-bond donors (Lipinski definition) is 0. The fourth-order valence-electron chi connectivity index (χ4n) is 2.78. The molecular formula is C21H17F4NO3S. The lowest BCUT2D eigenvalue weighted by Crippen LogP contribution is -2.30. The summed E-state index contributed by atoms with van der Waals surface area (Å²) < 4.78 is 85.1. The number of benzene rings is 3. The summed E-state index contributed by atoms with van der Waals surface area (Å²) in [6, 6.07) is 14.7. The Balaban J connectivity index is 2.07. The van der Waals surface area contributed by atoms with E-state index in [1.54, 1.807) is 24.3 Å². The molecule has 0 aliphatic heterocycles. The lowest BCUT2D eigenvalue weighted by Gasteiger charge is -2.25. The van der Waals surface area contributed by atoms with Crippen LogP contribution in [0.1, 0.15) is 11.1 Å². The average molecular weight is 439 g/mol. The molecular weight excluding hydrogens is 422 g/mol. The van der Waals surface area contributed by atoms with Crippen LogP contribution in [-0.4, -0.2) is 15.5 Å². The Bertz CT molecular complexity index is 1110. The van der Waals surface area contributed by atoms with Gasteiger partial charge in [0.1, 0.15) is 11.6 Å². The Kier molecular flexibility index (Phi) is 6.02. The van der Waals surface area contributed by atoms with Gasteiger partial charge < -0.3 is 4.74 Å². The maximum Gasteiger partial charge on any atom is 0.416 e. The maximum atomic E-state index is 13.4. The van der Waals surface area contributed by atoms with Gasteiger partial charge in [-0.25, -0.2) is 12.8 Å². The predicted molar refractivity (Wildman–Crippen MR) is 104 cm³/mol. The van der Waals surface area contributed by atoms with E-state index in [0.717, 1.165) is 34.6 Å². The van der Waals surface area contributed by atoms with E-state index in [1.807, 2.05) is 0 Å². The van der Waals surface area contributed by atoms with Crippen LogP contribution >= 0.6 is 0 Å². The van der Waals surface area contributed by atoms with Gasteiger partial charge in [-0.05, 0) is 60.2 Å². The topological polar surface area (TPSA) is 46.6 Å². The van der Waals surface area contributed by atoms with E-state index in [1.165, 1.54) is 19.2 Å². The molecule has 0 saturated carbocycles. The van der Waals surface area contributed by atoms with Gasteiger partial charge in [-0.2, -0.15) is 13.2 Å². The van der Waals surface area contributed by atoms with Crippen molar-refractivity contribution in [3.05, 3.63) is 89.7 Å². The number of alkyl halides is 3. The molecule has 0 aliphatic carbocycles. The van der Waals surface area contributed by atoms with Crippen LogP contribution in [0, 0.1) is 5.82 Å². The van der Waals surface area contributed by atoms with Crippen LogP contribution in [-0.2, 0) is 22.7 Å². The standard InChI is InChI=1S/C21H17F4NO3S/c1-29-19-11-5-15(6-12-19)14-26(18-9-7-17(22)8-10-18)30(27,28)20-4-2-3-16(13-20)21(23,24)25/h2-13H,14H2,1H3. The van der Waals surface area contributed by atoms with Crippen molar-refractivity contribution in [3.8, 4) is 5.75 Å². The molecule has 4 nitrogen and oxygen atoms in total. The van der Waals surface area contributed by atoms with Crippen LogP contribution < -0.4 is 9.04 Å². The van der Waals surface area contributed by atoms with E-state index in [-0.39, 0.29) is 12.2 Å². The second-order valence-corrected chi connectivity index (χ2v) is 8.22. The third kappa shape index (κ3) is 4.73. The van der Waals surface area contributed by atoms with E-state index < -0.39 is 32.5 Å². The Morgan fingerprint density at radius 3 is 2.13 bits per heavy atom. The molecule has 158 valence electrons. The number of halogens is 4. The smallest absolute Gasteiger partial charge is 0.416 e. The highest BCUT2D eigenvalue weighted by atomic mass is 32.2. The van der Waals surface area contributed by atoms with E-state index in [0.29, 0.717) is 17.4 Å². The Labute approximate surface area is 171 Å². The highest BCUT2D eigenvalue weighted by Gasteiger charge is 2.33. The molecule has 3 aromatic carbocycles. The highest BCUT2D eigenvalue weighted by molar-refractivity contribution is 7.92. The van der Waals surface area contributed by atoms with Crippen molar-refractivity contribution in [1.82, 2.24) is 0 Å². The zero-order valence-electron chi connectivity index (χ0n) is 15.7. The molecule has 0 atom stereocenters. The number of anilines is 1. The van der Waals surface area contributed by atoms with Gasteiger partial charge in [0.2, 0.25) is 0 Å². The zero-order chi connectivity index (χ0) is 21.9. The minimum absolute atomic E-state index is 0.115. The number of hydrogen-bond acceptors (Lipinski definition) is 3. The summed E-state index contributed by atoms with van der Waals surface area (Å²) in [6.07, 6.45) is -4.69. The molecule has 0 spiro atoms. The molecule has 3 aromatic rings. The van der Waals surface area contributed by atoms with E-state index in [2.05, 4.69) is 0 Å². The van der Waals surface area contributed by atoms with Gasteiger partial charge in [0, 0.05) is 0 Å². The number of methoxy groups -OCH3 is 1. The lowest BCUT2D eigenvalue weighted by molar-refractivity contribution is -0.137. The summed E-state index contributed by atoms with van der Waals surface area (Å²) in [6.45, 7) is -0.172.